The Hall–Kier alpha value is -3.25. The van der Waals surface area contributed by atoms with Crippen molar-refractivity contribution in [3.8, 4) is 0 Å². The monoisotopic (exact) mass is 575 g/mol. The van der Waals surface area contributed by atoms with Crippen LogP contribution < -0.4 is 5.32 Å². The zero-order chi connectivity index (χ0) is 29.7. The van der Waals surface area contributed by atoms with Gasteiger partial charge < -0.3 is 29.7 Å². The number of aliphatic hydroxyl groups is 1. The molecule has 0 saturated carbocycles. The van der Waals surface area contributed by atoms with Gasteiger partial charge in [-0.2, -0.15) is 13.2 Å². The van der Waals surface area contributed by atoms with Gasteiger partial charge in [-0.3, -0.25) is 9.59 Å². The maximum absolute atomic E-state index is 13.0. The Labute approximate surface area is 237 Å². The number of rotatable bonds is 9. The lowest BCUT2D eigenvalue weighted by atomic mass is 9.90. The van der Waals surface area contributed by atoms with Crippen molar-refractivity contribution in [2.75, 3.05) is 32.0 Å². The number of carbonyl (C=O) groups is 2. The molecule has 5 atom stereocenters. The average molecular weight is 576 g/mol. The molecule has 2 aromatic rings. The second-order valence-corrected chi connectivity index (χ2v) is 10.6. The first-order valence-corrected chi connectivity index (χ1v) is 13.6. The van der Waals surface area contributed by atoms with Gasteiger partial charge in [0.2, 0.25) is 5.91 Å². The Morgan fingerprint density at radius 2 is 1.90 bits per heavy atom. The summed E-state index contributed by atoms with van der Waals surface area (Å²) in [4.78, 5) is 27.4. The zero-order valence-corrected chi connectivity index (χ0v) is 23.1. The van der Waals surface area contributed by atoms with Crippen molar-refractivity contribution in [3.05, 3.63) is 77.9 Å². The molecule has 0 aromatic heterocycles. The van der Waals surface area contributed by atoms with E-state index in [0.717, 1.165) is 11.1 Å². The van der Waals surface area contributed by atoms with Gasteiger partial charge in [-0.25, -0.2) is 0 Å². The third-order valence-corrected chi connectivity index (χ3v) is 7.54. The number of amides is 2. The summed E-state index contributed by atoms with van der Waals surface area (Å²) in [5, 5.41) is 12.1. The van der Waals surface area contributed by atoms with E-state index in [1.807, 2.05) is 37.4 Å². The number of hydrogen-bond donors (Lipinski definition) is 2. The number of benzene rings is 2. The van der Waals surface area contributed by atoms with Crippen LogP contribution in [0.2, 0.25) is 0 Å². The highest BCUT2D eigenvalue weighted by Crippen LogP contribution is 2.42. The van der Waals surface area contributed by atoms with Crippen molar-refractivity contribution >= 4 is 17.5 Å². The van der Waals surface area contributed by atoms with Crippen molar-refractivity contribution in [3.63, 3.8) is 0 Å². The Morgan fingerprint density at radius 1 is 1.17 bits per heavy atom. The van der Waals surface area contributed by atoms with Crippen LogP contribution in [0.4, 0.5) is 18.9 Å². The van der Waals surface area contributed by atoms with E-state index in [2.05, 4.69) is 23.7 Å². The fourth-order valence-corrected chi connectivity index (χ4v) is 5.36. The van der Waals surface area contributed by atoms with Crippen molar-refractivity contribution in [2.24, 2.45) is 5.92 Å². The molecule has 0 bridgehead atoms. The van der Waals surface area contributed by atoms with E-state index in [4.69, 9.17) is 9.47 Å². The number of likely N-dealkylation sites (N-methyl/N-ethyl adjacent to an activating group) is 1. The number of anilines is 1. The van der Waals surface area contributed by atoms with Gasteiger partial charge in [0.1, 0.15) is 6.04 Å². The van der Waals surface area contributed by atoms with E-state index in [1.54, 1.807) is 24.3 Å². The molecule has 2 aliphatic rings. The number of ether oxygens (including phenoxy) is 2. The van der Waals surface area contributed by atoms with E-state index in [9.17, 15) is 27.9 Å². The van der Waals surface area contributed by atoms with E-state index < -0.39 is 30.3 Å². The van der Waals surface area contributed by atoms with Gasteiger partial charge in [-0.15, -0.1) is 6.58 Å². The number of likely N-dealkylation sites (tertiary alicyclic amines) is 1. The SMILES string of the molecule is C=CCN(C)CC1OC(c2cccc(NC(=O)C3CCCN3C(=O)C(F)(F)F)c2)OC(c2ccc(CO)cc2)C1C. The normalized spacial score (nSPS) is 24.9. The predicted molar refractivity (Wildman–Crippen MR) is 147 cm³/mol. The van der Waals surface area contributed by atoms with Gasteiger partial charge in [0.05, 0.1) is 18.8 Å². The standard InChI is InChI=1S/C30H36F3N3O5/c1-4-14-35(3)17-25-19(2)26(21-12-10-20(18-37)11-13-21)41-28(40-25)22-7-5-8-23(16-22)34-27(38)24-9-6-15-36(24)29(39)30(31,32)33/h4-5,7-8,10-13,16,19,24-26,28,37H,1,6,9,14-15,17-18H2,2-3H3,(H,34,38). The maximum Gasteiger partial charge on any atom is 0.471 e. The highest BCUT2D eigenvalue weighted by atomic mass is 19.4. The van der Waals surface area contributed by atoms with Crippen LogP contribution in [0.1, 0.15) is 48.8 Å². The quantitative estimate of drug-likeness (QED) is 0.426. The first kappa shape index (κ1) is 30.7. The number of carbonyl (C=O) groups excluding carboxylic acids is 2. The fraction of sp³-hybridized carbons (Fsp3) is 0.467. The molecule has 41 heavy (non-hydrogen) atoms. The number of nitrogens with one attached hydrogen (secondary N) is 1. The molecule has 2 saturated heterocycles. The molecule has 2 N–H and O–H groups in total. The molecule has 2 amide bonds. The highest BCUT2D eigenvalue weighted by Gasteiger charge is 2.47. The zero-order valence-electron chi connectivity index (χ0n) is 23.1. The minimum atomic E-state index is -5.04. The van der Waals surface area contributed by atoms with Crippen molar-refractivity contribution in [1.29, 1.82) is 0 Å². The van der Waals surface area contributed by atoms with Crippen LogP contribution in [-0.4, -0.2) is 71.7 Å². The lowest BCUT2D eigenvalue weighted by Crippen LogP contribution is -2.48. The summed E-state index contributed by atoms with van der Waals surface area (Å²) in [5.74, 6) is -2.71. The van der Waals surface area contributed by atoms with Crippen LogP contribution in [0, 0.1) is 5.92 Å². The first-order chi connectivity index (χ1) is 19.5. The van der Waals surface area contributed by atoms with Crippen LogP contribution in [0.3, 0.4) is 0 Å². The fourth-order valence-electron chi connectivity index (χ4n) is 5.36. The second-order valence-electron chi connectivity index (χ2n) is 10.6. The van der Waals surface area contributed by atoms with E-state index in [0.29, 0.717) is 35.7 Å². The van der Waals surface area contributed by atoms with Crippen molar-refractivity contribution < 1.29 is 37.3 Å². The minimum absolute atomic E-state index is 0.0269. The van der Waals surface area contributed by atoms with E-state index in [-0.39, 0.29) is 37.7 Å². The molecule has 2 aromatic carbocycles. The number of halogens is 3. The lowest BCUT2D eigenvalue weighted by molar-refractivity contribution is -0.275. The molecule has 2 fully saturated rings. The van der Waals surface area contributed by atoms with E-state index >= 15 is 0 Å². The predicted octanol–water partition coefficient (Wildman–Crippen LogP) is 4.58. The van der Waals surface area contributed by atoms with Gasteiger partial charge in [0.25, 0.3) is 0 Å². The van der Waals surface area contributed by atoms with Gasteiger partial charge in [-0.05, 0) is 43.1 Å². The average Bonchev–Trinajstić information content (AvgIpc) is 3.44. The molecule has 2 aliphatic heterocycles. The Bertz CT molecular complexity index is 1220. The molecular formula is C30H36F3N3O5. The summed E-state index contributed by atoms with van der Waals surface area (Å²) >= 11 is 0. The first-order valence-electron chi connectivity index (χ1n) is 13.6. The highest BCUT2D eigenvalue weighted by molar-refractivity contribution is 5.98. The number of alkyl halides is 3. The molecule has 0 radical (unpaired) electrons. The lowest BCUT2D eigenvalue weighted by Gasteiger charge is -2.42. The van der Waals surface area contributed by atoms with Crippen LogP contribution >= 0.6 is 0 Å². The topological polar surface area (TPSA) is 91.3 Å². The molecule has 4 rings (SSSR count). The Morgan fingerprint density at radius 3 is 2.56 bits per heavy atom. The van der Waals surface area contributed by atoms with Crippen molar-refractivity contribution in [1.82, 2.24) is 9.80 Å². The molecule has 0 spiro atoms. The van der Waals surface area contributed by atoms with Crippen LogP contribution in [0.25, 0.3) is 0 Å². The number of hydrogen-bond acceptors (Lipinski definition) is 6. The van der Waals surface area contributed by atoms with Crippen LogP contribution in [-0.2, 0) is 25.7 Å². The van der Waals surface area contributed by atoms with Crippen LogP contribution in [0.15, 0.2) is 61.2 Å². The molecule has 0 aliphatic carbocycles. The van der Waals surface area contributed by atoms with Gasteiger partial charge in [0, 0.05) is 36.8 Å². The van der Waals surface area contributed by atoms with E-state index in [1.165, 1.54) is 0 Å². The summed E-state index contributed by atoms with van der Waals surface area (Å²) in [6, 6.07) is 13.1. The summed E-state index contributed by atoms with van der Waals surface area (Å²) in [5.41, 5.74) is 2.69. The molecule has 5 unspecified atom stereocenters. The van der Waals surface area contributed by atoms with Crippen molar-refractivity contribution in [2.45, 2.75) is 57.1 Å². The summed E-state index contributed by atoms with van der Waals surface area (Å²) in [6.45, 7) is 6.95. The summed E-state index contributed by atoms with van der Waals surface area (Å²) in [7, 11) is 1.97. The molecule has 11 heteroatoms. The number of aliphatic hydroxyl groups excluding tert-OH is 1. The molecular weight excluding hydrogens is 539 g/mol. The second kappa shape index (κ2) is 13.2. The smallest absolute Gasteiger partial charge is 0.392 e. The Balaban J connectivity index is 1.55. The molecule has 222 valence electrons. The van der Waals surface area contributed by atoms with Gasteiger partial charge >= 0.3 is 12.1 Å². The third kappa shape index (κ3) is 7.34. The van der Waals surface area contributed by atoms with Crippen LogP contribution in [0.5, 0.6) is 0 Å². The summed E-state index contributed by atoms with van der Waals surface area (Å²) in [6.07, 6.45) is -4.11. The molecule has 2 heterocycles. The van der Waals surface area contributed by atoms with Gasteiger partial charge in [0.15, 0.2) is 6.29 Å². The minimum Gasteiger partial charge on any atom is -0.392 e. The summed E-state index contributed by atoms with van der Waals surface area (Å²) < 4.78 is 51.9. The largest absolute Gasteiger partial charge is 0.471 e. The Kier molecular flexibility index (Phi) is 9.85. The molecule has 8 nitrogen and oxygen atoms in total. The number of nitrogens with zero attached hydrogens (tertiary/aromatic N) is 2. The maximum atomic E-state index is 13.0. The third-order valence-electron chi connectivity index (χ3n) is 7.54. The van der Waals surface area contributed by atoms with Gasteiger partial charge in [-0.1, -0.05) is 49.4 Å².